The van der Waals surface area contributed by atoms with Crippen LogP contribution in [0.2, 0.25) is 10.2 Å². The van der Waals surface area contributed by atoms with Crippen molar-refractivity contribution in [3.63, 3.8) is 0 Å². The molecule has 0 aliphatic carbocycles. The molecule has 3 heterocycles. The summed E-state index contributed by atoms with van der Waals surface area (Å²) in [7, 11) is 0. The molecule has 17 heteroatoms. The van der Waals surface area contributed by atoms with Crippen LogP contribution in [0.1, 0.15) is 30.3 Å². The molecule has 3 aromatic heterocycles. The molecule has 0 unspecified atom stereocenters. The van der Waals surface area contributed by atoms with Crippen molar-refractivity contribution < 1.29 is 28.2 Å². The molecule has 0 saturated carbocycles. The van der Waals surface area contributed by atoms with Gasteiger partial charge in [-0.2, -0.15) is 13.2 Å². The monoisotopic (exact) mass is 614 g/mol. The molecule has 1 aromatic carbocycles. The summed E-state index contributed by atoms with van der Waals surface area (Å²) in [5.41, 5.74) is -1.81. The Morgan fingerprint density at radius 3 is 2.41 bits per heavy atom. The normalized spacial score (nSPS) is 12.9. The molecular weight excluding hydrogens is 592 g/mol. The van der Waals surface area contributed by atoms with Crippen molar-refractivity contribution >= 4 is 29.1 Å². The first-order chi connectivity index (χ1) is 19.1. The van der Waals surface area contributed by atoms with Gasteiger partial charge in [-0.25, -0.2) is 24.1 Å². The maximum absolute atomic E-state index is 13.2. The standard InChI is InChI=1S/C24H23Cl2F3N8O4/c1-23(2,41)12-31-21(39)20-32-17(33-37(20)15-4-3-9-30-18(15)26)11-36-22(40)35(10-16(38)24(27,28)29)19(34-36)13-5-7-14(25)8-6-13/h3-9,16,38,41H,10-12H2,1-2H3,(H,31,39)/t16-/m0/s1. The summed E-state index contributed by atoms with van der Waals surface area (Å²) in [5, 5.41) is 31.0. The number of hydrogen-bond donors (Lipinski definition) is 3. The Morgan fingerprint density at radius 1 is 1.12 bits per heavy atom. The third kappa shape index (κ3) is 7.11. The number of nitrogens with one attached hydrogen (secondary N) is 1. The highest BCUT2D eigenvalue weighted by atomic mass is 35.5. The van der Waals surface area contributed by atoms with Gasteiger partial charge in [0.15, 0.2) is 22.9 Å². The van der Waals surface area contributed by atoms with Crippen LogP contribution in [0.4, 0.5) is 13.2 Å². The number of nitrogens with zero attached hydrogens (tertiary/aromatic N) is 7. The van der Waals surface area contributed by atoms with Crippen molar-refractivity contribution in [1.82, 2.24) is 39.4 Å². The van der Waals surface area contributed by atoms with Crippen molar-refractivity contribution in [2.24, 2.45) is 0 Å². The number of amides is 1. The lowest BCUT2D eigenvalue weighted by Gasteiger charge is -2.17. The van der Waals surface area contributed by atoms with E-state index in [1.807, 2.05) is 0 Å². The second-order valence-electron chi connectivity index (χ2n) is 9.51. The van der Waals surface area contributed by atoms with Gasteiger partial charge in [0.05, 0.1) is 12.1 Å². The molecule has 0 spiro atoms. The molecule has 0 fully saturated rings. The number of aliphatic hydroxyl groups is 2. The van der Waals surface area contributed by atoms with E-state index in [4.69, 9.17) is 23.2 Å². The lowest BCUT2D eigenvalue weighted by Crippen LogP contribution is -2.39. The minimum atomic E-state index is -4.99. The summed E-state index contributed by atoms with van der Waals surface area (Å²) in [5.74, 6) is -1.30. The number of carbonyl (C=O) groups excluding carboxylic acids is 1. The van der Waals surface area contributed by atoms with Gasteiger partial charge in [-0.15, -0.1) is 10.2 Å². The highest BCUT2D eigenvalue weighted by Crippen LogP contribution is 2.24. The topological polar surface area (TPSA) is 153 Å². The average Bonchev–Trinajstić information content (AvgIpc) is 3.44. The Balaban J connectivity index is 1.77. The summed E-state index contributed by atoms with van der Waals surface area (Å²) in [6.07, 6.45) is -6.43. The summed E-state index contributed by atoms with van der Waals surface area (Å²) in [6.45, 7) is 1.24. The molecule has 1 atom stereocenters. The number of halogens is 5. The number of pyridine rings is 1. The van der Waals surface area contributed by atoms with Crippen LogP contribution in [-0.4, -0.2) is 74.6 Å². The van der Waals surface area contributed by atoms with Gasteiger partial charge in [-0.1, -0.05) is 23.2 Å². The summed E-state index contributed by atoms with van der Waals surface area (Å²) in [6, 6.07) is 8.88. The van der Waals surface area contributed by atoms with Gasteiger partial charge in [0.25, 0.3) is 5.91 Å². The van der Waals surface area contributed by atoms with Crippen LogP contribution in [0.25, 0.3) is 17.1 Å². The van der Waals surface area contributed by atoms with Crippen LogP contribution in [-0.2, 0) is 13.1 Å². The molecule has 0 aliphatic heterocycles. The van der Waals surface area contributed by atoms with Crippen LogP contribution >= 0.6 is 23.2 Å². The SMILES string of the molecule is CC(C)(O)CNC(=O)c1nc(Cn2nc(-c3ccc(Cl)cc3)n(C[C@H](O)C(F)(F)F)c2=O)nn1-c1cccnc1Cl. The summed E-state index contributed by atoms with van der Waals surface area (Å²) < 4.78 is 42.0. The minimum absolute atomic E-state index is 0.0203. The fraction of sp³-hybridized carbons (Fsp3) is 0.333. The van der Waals surface area contributed by atoms with Gasteiger partial charge in [0.2, 0.25) is 5.82 Å². The van der Waals surface area contributed by atoms with Gasteiger partial charge in [-0.05, 0) is 50.2 Å². The molecule has 12 nitrogen and oxygen atoms in total. The summed E-state index contributed by atoms with van der Waals surface area (Å²) in [4.78, 5) is 34.4. The van der Waals surface area contributed by atoms with Crippen molar-refractivity contribution in [3.05, 3.63) is 74.9 Å². The zero-order valence-electron chi connectivity index (χ0n) is 21.5. The molecule has 4 rings (SSSR count). The largest absolute Gasteiger partial charge is 0.416 e. The first-order valence-electron chi connectivity index (χ1n) is 11.9. The number of benzene rings is 1. The number of alkyl halides is 3. The first-order valence-corrected chi connectivity index (χ1v) is 12.7. The predicted molar refractivity (Wildman–Crippen MR) is 141 cm³/mol. The average molecular weight is 615 g/mol. The molecule has 218 valence electrons. The highest BCUT2D eigenvalue weighted by Gasteiger charge is 2.39. The van der Waals surface area contributed by atoms with Gasteiger partial charge in [0, 0.05) is 23.3 Å². The van der Waals surface area contributed by atoms with Gasteiger partial charge >= 0.3 is 11.9 Å². The lowest BCUT2D eigenvalue weighted by molar-refractivity contribution is -0.207. The zero-order valence-corrected chi connectivity index (χ0v) is 23.0. The van der Waals surface area contributed by atoms with Crippen LogP contribution in [0.5, 0.6) is 0 Å². The molecule has 3 N–H and O–H groups in total. The van der Waals surface area contributed by atoms with E-state index in [9.17, 15) is 33.0 Å². The number of rotatable bonds is 9. The van der Waals surface area contributed by atoms with Crippen molar-refractivity contribution in [2.45, 2.75) is 44.8 Å². The number of aliphatic hydroxyl groups excluding tert-OH is 1. The van der Waals surface area contributed by atoms with Gasteiger partial charge in [-0.3, -0.25) is 9.36 Å². The van der Waals surface area contributed by atoms with E-state index in [1.165, 1.54) is 56.4 Å². The first kappa shape index (κ1) is 30.2. The van der Waals surface area contributed by atoms with Crippen molar-refractivity contribution in [3.8, 4) is 17.1 Å². The van der Waals surface area contributed by atoms with Gasteiger partial charge < -0.3 is 15.5 Å². The fourth-order valence-corrected chi connectivity index (χ4v) is 3.90. The van der Waals surface area contributed by atoms with Crippen LogP contribution in [0.3, 0.4) is 0 Å². The third-order valence-corrected chi connectivity index (χ3v) is 6.10. The smallest absolute Gasteiger partial charge is 0.389 e. The Kier molecular flexibility index (Phi) is 8.54. The predicted octanol–water partition coefficient (Wildman–Crippen LogP) is 2.47. The van der Waals surface area contributed by atoms with Crippen molar-refractivity contribution in [2.75, 3.05) is 6.54 Å². The Bertz CT molecular complexity index is 1610. The number of aromatic nitrogens is 7. The van der Waals surface area contributed by atoms with E-state index in [-0.39, 0.29) is 40.4 Å². The second-order valence-corrected chi connectivity index (χ2v) is 10.3. The maximum Gasteiger partial charge on any atom is 0.416 e. The van der Waals surface area contributed by atoms with Crippen molar-refractivity contribution in [1.29, 1.82) is 0 Å². The van der Waals surface area contributed by atoms with Crippen LogP contribution in [0, 0.1) is 0 Å². The van der Waals surface area contributed by atoms with Crippen LogP contribution < -0.4 is 11.0 Å². The summed E-state index contributed by atoms with van der Waals surface area (Å²) >= 11 is 12.1. The maximum atomic E-state index is 13.2. The Labute approximate surface area is 240 Å². The highest BCUT2D eigenvalue weighted by molar-refractivity contribution is 6.31. The second kappa shape index (κ2) is 11.6. The molecule has 0 saturated heterocycles. The van der Waals surface area contributed by atoms with E-state index in [0.29, 0.717) is 9.59 Å². The van der Waals surface area contributed by atoms with E-state index in [0.717, 1.165) is 9.36 Å². The van der Waals surface area contributed by atoms with E-state index < -0.39 is 42.6 Å². The molecule has 0 bridgehead atoms. The quantitative estimate of drug-likeness (QED) is 0.243. The molecule has 4 aromatic rings. The molecule has 41 heavy (non-hydrogen) atoms. The Morgan fingerprint density at radius 2 is 1.80 bits per heavy atom. The minimum Gasteiger partial charge on any atom is -0.389 e. The van der Waals surface area contributed by atoms with Crippen LogP contribution in [0.15, 0.2) is 47.4 Å². The zero-order chi connectivity index (χ0) is 30.1. The van der Waals surface area contributed by atoms with E-state index >= 15 is 0 Å². The molecule has 0 radical (unpaired) electrons. The lowest BCUT2D eigenvalue weighted by atomic mass is 10.1. The van der Waals surface area contributed by atoms with E-state index in [1.54, 1.807) is 0 Å². The van der Waals surface area contributed by atoms with E-state index in [2.05, 4.69) is 25.5 Å². The number of carbonyl (C=O) groups is 1. The molecule has 0 aliphatic rings. The number of hydrogen-bond acceptors (Lipinski definition) is 8. The van der Waals surface area contributed by atoms with Gasteiger partial charge in [0.1, 0.15) is 12.2 Å². The molecular formula is C24H23Cl2F3N8O4. The third-order valence-electron chi connectivity index (χ3n) is 5.55. The fourth-order valence-electron chi connectivity index (χ4n) is 3.58. The Hall–Kier alpha value is -3.79. The molecule has 1 amide bonds.